The monoisotopic (exact) mass is 277 g/mol. The summed E-state index contributed by atoms with van der Waals surface area (Å²) in [5.41, 5.74) is -0.0745. The molecule has 0 spiro atoms. The summed E-state index contributed by atoms with van der Waals surface area (Å²) in [4.78, 5) is 36.2. The van der Waals surface area contributed by atoms with Crippen LogP contribution in [0.5, 0.6) is 0 Å². The largest absolute Gasteiger partial charge is 0.510 e. The summed E-state index contributed by atoms with van der Waals surface area (Å²) in [7, 11) is 0. The van der Waals surface area contributed by atoms with E-state index >= 15 is 0 Å². The Morgan fingerprint density at radius 1 is 1.10 bits per heavy atom. The zero-order chi connectivity index (χ0) is 14.9. The fraction of sp³-hybridized carbons (Fsp3) is 0.357. The third kappa shape index (κ3) is 2.79. The summed E-state index contributed by atoms with van der Waals surface area (Å²) in [5.74, 6) is -0.955. The number of rotatable bonds is 2. The zero-order valence-corrected chi connectivity index (χ0v) is 11.5. The van der Waals surface area contributed by atoms with Crippen molar-refractivity contribution in [2.75, 3.05) is 6.73 Å². The van der Waals surface area contributed by atoms with E-state index in [1.54, 1.807) is 45.0 Å². The van der Waals surface area contributed by atoms with Crippen molar-refractivity contribution in [3.63, 3.8) is 0 Å². The molecule has 0 saturated heterocycles. The normalized spacial score (nSPS) is 14.2. The predicted molar refractivity (Wildman–Crippen MR) is 69.1 cm³/mol. The van der Waals surface area contributed by atoms with Gasteiger partial charge in [-0.2, -0.15) is 0 Å². The van der Waals surface area contributed by atoms with E-state index in [1.807, 2.05) is 0 Å². The maximum Gasteiger partial charge on any atom is 0.510 e. The van der Waals surface area contributed by atoms with E-state index in [0.717, 1.165) is 4.90 Å². The summed E-state index contributed by atoms with van der Waals surface area (Å²) in [6.45, 7) is 4.62. The summed E-state index contributed by atoms with van der Waals surface area (Å²) < 4.78 is 9.73. The number of nitrogens with zero attached hydrogens (tertiary/aromatic N) is 1. The first-order valence-corrected chi connectivity index (χ1v) is 6.10. The maximum atomic E-state index is 12.0. The van der Waals surface area contributed by atoms with E-state index in [0.29, 0.717) is 11.1 Å². The van der Waals surface area contributed by atoms with Crippen molar-refractivity contribution >= 4 is 18.0 Å². The predicted octanol–water partition coefficient (Wildman–Crippen LogP) is 2.19. The van der Waals surface area contributed by atoms with Gasteiger partial charge < -0.3 is 9.47 Å². The van der Waals surface area contributed by atoms with Gasteiger partial charge in [-0.05, 0) is 32.9 Å². The molecule has 0 N–H and O–H groups in total. The zero-order valence-electron chi connectivity index (χ0n) is 11.5. The first-order chi connectivity index (χ1) is 9.29. The highest BCUT2D eigenvalue weighted by molar-refractivity contribution is 6.21. The van der Waals surface area contributed by atoms with E-state index in [1.165, 1.54) is 0 Å². The molecular formula is C14H15NO5. The molecule has 2 amide bonds. The molecule has 0 atom stereocenters. The SMILES string of the molecule is CC(C)(C)OC(=O)OCN1C(=O)c2ccccc2C1=O. The first-order valence-electron chi connectivity index (χ1n) is 6.10. The molecule has 6 heteroatoms. The number of fused-ring (bicyclic) bond motifs is 1. The van der Waals surface area contributed by atoms with E-state index in [-0.39, 0.29) is 0 Å². The molecule has 0 unspecified atom stereocenters. The number of hydrogen-bond acceptors (Lipinski definition) is 5. The molecule has 1 aromatic rings. The second kappa shape index (κ2) is 4.96. The summed E-state index contributed by atoms with van der Waals surface area (Å²) >= 11 is 0. The Balaban J connectivity index is 2.01. The minimum Gasteiger partial charge on any atom is -0.429 e. The van der Waals surface area contributed by atoms with Crippen molar-refractivity contribution in [3.05, 3.63) is 35.4 Å². The van der Waals surface area contributed by atoms with Gasteiger partial charge in [-0.1, -0.05) is 12.1 Å². The third-order valence-corrected chi connectivity index (χ3v) is 2.58. The van der Waals surface area contributed by atoms with Crippen LogP contribution in [0.25, 0.3) is 0 Å². The number of imide groups is 1. The molecule has 1 aliphatic heterocycles. The average molecular weight is 277 g/mol. The van der Waals surface area contributed by atoms with E-state index in [4.69, 9.17) is 9.47 Å². The minimum atomic E-state index is -0.922. The van der Waals surface area contributed by atoms with Gasteiger partial charge in [0.05, 0.1) is 11.1 Å². The summed E-state index contributed by atoms with van der Waals surface area (Å²) in [5, 5.41) is 0. The Bertz CT molecular complexity index is 538. The number of benzene rings is 1. The van der Waals surface area contributed by atoms with Crippen LogP contribution in [0.15, 0.2) is 24.3 Å². The van der Waals surface area contributed by atoms with Crippen LogP contribution in [0, 0.1) is 0 Å². The highest BCUT2D eigenvalue weighted by Crippen LogP contribution is 2.22. The van der Waals surface area contributed by atoms with Gasteiger partial charge >= 0.3 is 6.16 Å². The molecule has 106 valence electrons. The molecule has 0 aliphatic carbocycles. The number of amides is 2. The fourth-order valence-corrected chi connectivity index (χ4v) is 1.75. The van der Waals surface area contributed by atoms with Gasteiger partial charge in [0, 0.05) is 0 Å². The van der Waals surface area contributed by atoms with Crippen molar-refractivity contribution < 1.29 is 23.9 Å². The van der Waals surface area contributed by atoms with Crippen LogP contribution in [0.3, 0.4) is 0 Å². The van der Waals surface area contributed by atoms with Crippen LogP contribution >= 0.6 is 0 Å². The Labute approximate surface area is 116 Å². The fourth-order valence-electron chi connectivity index (χ4n) is 1.75. The van der Waals surface area contributed by atoms with Crippen molar-refractivity contribution in [1.82, 2.24) is 4.90 Å². The molecule has 0 fully saturated rings. The summed E-state index contributed by atoms with van der Waals surface area (Å²) in [6.07, 6.45) is -0.922. The van der Waals surface area contributed by atoms with E-state index in [9.17, 15) is 14.4 Å². The van der Waals surface area contributed by atoms with Crippen LogP contribution in [-0.2, 0) is 9.47 Å². The Kier molecular flexibility index (Phi) is 3.48. The van der Waals surface area contributed by atoms with Gasteiger partial charge in [0.2, 0.25) is 0 Å². The van der Waals surface area contributed by atoms with Crippen molar-refractivity contribution in [2.24, 2.45) is 0 Å². The molecule has 0 bridgehead atoms. The van der Waals surface area contributed by atoms with Gasteiger partial charge in [-0.25, -0.2) is 9.69 Å². The third-order valence-electron chi connectivity index (χ3n) is 2.58. The molecule has 1 aromatic carbocycles. The lowest BCUT2D eigenvalue weighted by Gasteiger charge is -2.20. The van der Waals surface area contributed by atoms with Gasteiger partial charge in [0.1, 0.15) is 5.60 Å². The smallest absolute Gasteiger partial charge is 0.429 e. The lowest BCUT2D eigenvalue weighted by Crippen LogP contribution is -2.34. The molecule has 2 rings (SSSR count). The van der Waals surface area contributed by atoms with Gasteiger partial charge in [0.25, 0.3) is 11.8 Å². The number of ether oxygens (including phenoxy) is 2. The minimum absolute atomic E-state index is 0.310. The van der Waals surface area contributed by atoms with Crippen molar-refractivity contribution in [1.29, 1.82) is 0 Å². The lowest BCUT2D eigenvalue weighted by atomic mass is 10.1. The van der Waals surface area contributed by atoms with Crippen molar-refractivity contribution in [3.8, 4) is 0 Å². The second-order valence-corrected chi connectivity index (χ2v) is 5.32. The molecule has 0 saturated carbocycles. The van der Waals surface area contributed by atoms with Crippen LogP contribution in [0.2, 0.25) is 0 Å². The highest BCUT2D eigenvalue weighted by Gasteiger charge is 2.36. The van der Waals surface area contributed by atoms with Crippen LogP contribution in [0.4, 0.5) is 4.79 Å². The van der Waals surface area contributed by atoms with Gasteiger partial charge in [0.15, 0.2) is 6.73 Å². The molecule has 20 heavy (non-hydrogen) atoms. The molecule has 6 nitrogen and oxygen atoms in total. The topological polar surface area (TPSA) is 72.9 Å². The number of carbonyl (C=O) groups excluding carboxylic acids is 3. The quantitative estimate of drug-likeness (QED) is 0.612. The van der Waals surface area contributed by atoms with Crippen LogP contribution in [0.1, 0.15) is 41.5 Å². The maximum absolute atomic E-state index is 12.0. The molecular weight excluding hydrogens is 262 g/mol. The molecule has 0 radical (unpaired) electrons. The lowest BCUT2D eigenvalue weighted by molar-refractivity contribution is -0.0226. The van der Waals surface area contributed by atoms with Gasteiger partial charge in [-0.3, -0.25) is 9.59 Å². The Morgan fingerprint density at radius 2 is 1.60 bits per heavy atom. The molecule has 1 aliphatic rings. The van der Waals surface area contributed by atoms with Crippen LogP contribution < -0.4 is 0 Å². The molecule has 0 aromatic heterocycles. The van der Waals surface area contributed by atoms with Crippen LogP contribution in [-0.4, -0.2) is 35.2 Å². The summed E-state index contributed by atoms with van der Waals surface area (Å²) in [6, 6.07) is 6.45. The molecule has 1 heterocycles. The highest BCUT2D eigenvalue weighted by atomic mass is 16.7. The second-order valence-electron chi connectivity index (χ2n) is 5.32. The standard InChI is InChI=1S/C14H15NO5/c1-14(2,3)20-13(18)19-8-15-11(16)9-6-4-5-7-10(9)12(15)17/h4-7H,8H2,1-3H3. The van der Waals surface area contributed by atoms with Gasteiger partial charge in [-0.15, -0.1) is 0 Å². The average Bonchev–Trinajstić information content (AvgIpc) is 2.59. The van der Waals surface area contributed by atoms with E-state index in [2.05, 4.69) is 0 Å². The number of carbonyl (C=O) groups is 3. The number of hydrogen-bond donors (Lipinski definition) is 0. The Hall–Kier alpha value is -2.37. The Morgan fingerprint density at radius 3 is 2.05 bits per heavy atom. The van der Waals surface area contributed by atoms with Crippen molar-refractivity contribution in [2.45, 2.75) is 26.4 Å². The first kappa shape index (κ1) is 14.0. The van der Waals surface area contributed by atoms with E-state index < -0.39 is 30.3 Å².